The molecular weight excluding hydrogens is 246 g/mol. The molecule has 0 amide bonds. The van der Waals surface area contributed by atoms with Gasteiger partial charge in [0.05, 0.1) is 27.9 Å². The fraction of sp³-hybridized carbons (Fsp3) is 0.571. The van der Waals surface area contributed by atoms with E-state index in [2.05, 4.69) is 5.32 Å². The van der Waals surface area contributed by atoms with Gasteiger partial charge in [-0.05, 0) is 12.5 Å². The van der Waals surface area contributed by atoms with Crippen molar-refractivity contribution in [3.8, 4) is 17.2 Å². The maximum Gasteiger partial charge on any atom is 0.164 e. The molecule has 0 aromatic heterocycles. The zero-order chi connectivity index (χ0) is 14.3. The minimum atomic E-state index is 0.0813. The molecule has 0 radical (unpaired) electrons. The fourth-order valence-electron chi connectivity index (χ4n) is 1.82. The van der Waals surface area contributed by atoms with Gasteiger partial charge in [-0.1, -0.05) is 6.92 Å². The monoisotopic (exact) mass is 269 g/mol. The second kappa shape index (κ2) is 7.86. The minimum absolute atomic E-state index is 0.0813. The van der Waals surface area contributed by atoms with E-state index in [1.165, 1.54) is 0 Å². The molecule has 5 nitrogen and oxygen atoms in total. The van der Waals surface area contributed by atoms with Crippen molar-refractivity contribution >= 4 is 0 Å². The highest BCUT2D eigenvalue weighted by Gasteiger charge is 2.13. The normalized spacial score (nSPS) is 12.1. The Morgan fingerprint density at radius 1 is 1.05 bits per heavy atom. The van der Waals surface area contributed by atoms with Crippen LogP contribution in [0.5, 0.6) is 17.2 Å². The highest BCUT2D eigenvalue weighted by molar-refractivity contribution is 5.50. The second-order valence-corrected chi connectivity index (χ2v) is 4.19. The van der Waals surface area contributed by atoms with Crippen molar-refractivity contribution in [3.05, 3.63) is 17.7 Å². The molecule has 5 heteroatoms. The van der Waals surface area contributed by atoms with E-state index in [4.69, 9.17) is 14.2 Å². The summed E-state index contributed by atoms with van der Waals surface area (Å²) in [4.78, 5) is 0. The Labute approximate surface area is 114 Å². The van der Waals surface area contributed by atoms with Gasteiger partial charge in [0, 0.05) is 24.2 Å². The number of hydrogen-bond donors (Lipinski definition) is 2. The third-order valence-corrected chi connectivity index (χ3v) is 3.08. The largest absolute Gasteiger partial charge is 0.496 e. The van der Waals surface area contributed by atoms with Crippen LogP contribution in [0.2, 0.25) is 0 Å². The van der Waals surface area contributed by atoms with E-state index in [0.29, 0.717) is 18.0 Å². The first kappa shape index (κ1) is 15.6. The average molecular weight is 269 g/mol. The average Bonchev–Trinajstić information content (AvgIpc) is 2.47. The topological polar surface area (TPSA) is 60.0 Å². The molecule has 0 unspecified atom stereocenters. The van der Waals surface area contributed by atoms with Crippen LogP contribution in [0.25, 0.3) is 0 Å². The number of aliphatic hydroxyl groups excluding tert-OH is 1. The van der Waals surface area contributed by atoms with Crippen LogP contribution in [0.15, 0.2) is 12.1 Å². The second-order valence-electron chi connectivity index (χ2n) is 4.19. The summed E-state index contributed by atoms with van der Waals surface area (Å²) in [6.45, 7) is 2.74. The molecule has 0 spiro atoms. The van der Waals surface area contributed by atoms with Gasteiger partial charge in [0.15, 0.2) is 11.5 Å². The Balaban J connectivity index is 2.92. The highest BCUT2D eigenvalue weighted by Crippen LogP contribution is 2.34. The van der Waals surface area contributed by atoms with E-state index >= 15 is 0 Å². The Hall–Kier alpha value is -1.46. The third kappa shape index (κ3) is 4.01. The van der Waals surface area contributed by atoms with E-state index in [1.54, 1.807) is 27.4 Å². The lowest BCUT2D eigenvalue weighted by Crippen LogP contribution is -2.31. The van der Waals surface area contributed by atoms with Crippen LogP contribution in [0.3, 0.4) is 0 Å². The molecular formula is C14H23NO4. The fourth-order valence-corrected chi connectivity index (χ4v) is 1.82. The summed E-state index contributed by atoms with van der Waals surface area (Å²) in [7, 11) is 4.81. The summed E-state index contributed by atoms with van der Waals surface area (Å²) in [5.41, 5.74) is 0.965. The van der Waals surface area contributed by atoms with E-state index < -0.39 is 0 Å². The Morgan fingerprint density at radius 3 is 2.11 bits per heavy atom. The molecule has 2 N–H and O–H groups in total. The van der Waals surface area contributed by atoms with Crippen LogP contribution in [0.4, 0.5) is 0 Å². The van der Waals surface area contributed by atoms with Crippen LogP contribution < -0.4 is 19.5 Å². The molecule has 19 heavy (non-hydrogen) atoms. The van der Waals surface area contributed by atoms with Gasteiger partial charge in [-0.2, -0.15) is 0 Å². The van der Waals surface area contributed by atoms with Crippen molar-refractivity contribution in [1.29, 1.82) is 0 Å². The van der Waals surface area contributed by atoms with E-state index in [-0.39, 0.29) is 12.6 Å². The van der Waals surface area contributed by atoms with Crippen molar-refractivity contribution in [1.82, 2.24) is 5.32 Å². The number of aliphatic hydroxyl groups is 1. The minimum Gasteiger partial charge on any atom is -0.496 e. The molecule has 108 valence electrons. The van der Waals surface area contributed by atoms with Crippen molar-refractivity contribution < 1.29 is 19.3 Å². The number of benzene rings is 1. The highest BCUT2D eigenvalue weighted by atomic mass is 16.5. The van der Waals surface area contributed by atoms with Crippen molar-refractivity contribution in [2.45, 2.75) is 25.9 Å². The van der Waals surface area contributed by atoms with Gasteiger partial charge in [-0.15, -0.1) is 0 Å². The Morgan fingerprint density at radius 2 is 1.63 bits per heavy atom. The number of ether oxygens (including phenoxy) is 3. The Kier molecular flexibility index (Phi) is 6.45. The SMILES string of the molecule is CC[C@@H](CO)NCc1cc(OC)c(OC)cc1OC. The lowest BCUT2D eigenvalue weighted by molar-refractivity contribution is 0.237. The summed E-state index contributed by atoms with van der Waals surface area (Å²) in [5, 5.41) is 12.4. The van der Waals surface area contributed by atoms with E-state index in [9.17, 15) is 5.11 Å². The van der Waals surface area contributed by atoms with Crippen molar-refractivity contribution in [2.24, 2.45) is 0 Å². The molecule has 0 saturated heterocycles. The quantitative estimate of drug-likeness (QED) is 0.750. The van der Waals surface area contributed by atoms with Crippen LogP contribution in [0.1, 0.15) is 18.9 Å². The molecule has 0 fully saturated rings. The van der Waals surface area contributed by atoms with Gasteiger partial charge in [0.1, 0.15) is 5.75 Å². The molecule has 0 aliphatic carbocycles. The van der Waals surface area contributed by atoms with Gasteiger partial charge >= 0.3 is 0 Å². The molecule has 1 atom stereocenters. The van der Waals surface area contributed by atoms with E-state index in [1.807, 2.05) is 13.0 Å². The van der Waals surface area contributed by atoms with Crippen LogP contribution in [-0.4, -0.2) is 39.1 Å². The van der Waals surface area contributed by atoms with Crippen LogP contribution >= 0.6 is 0 Å². The zero-order valence-corrected chi connectivity index (χ0v) is 12.0. The summed E-state index contributed by atoms with van der Waals surface area (Å²) in [6, 6.07) is 3.77. The molecule has 0 saturated carbocycles. The number of hydrogen-bond acceptors (Lipinski definition) is 5. The van der Waals surface area contributed by atoms with Gasteiger partial charge in [-0.3, -0.25) is 0 Å². The standard InChI is InChI=1S/C14H23NO4/c1-5-11(9-16)15-8-10-6-13(18-3)14(19-4)7-12(10)17-2/h6-7,11,15-16H,5,8-9H2,1-4H3/t11-/m0/s1. The van der Waals surface area contributed by atoms with Crippen LogP contribution in [0, 0.1) is 0 Å². The number of rotatable bonds is 8. The summed E-state index contributed by atoms with van der Waals surface area (Å²) in [6.07, 6.45) is 0.867. The zero-order valence-electron chi connectivity index (χ0n) is 12.0. The summed E-state index contributed by atoms with van der Waals surface area (Å²) in [5.74, 6) is 2.03. The predicted molar refractivity (Wildman–Crippen MR) is 74.1 cm³/mol. The summed E-state index contributed by atoms with van der Waals surface area (Å²) < 4.78 is 15.9. The van der Waals surface area contributed by atoms with Crippen molar-refractivity contribution in [3.63, 3.8) is 0 Å². The van der Waals surface area contributed by atoms with Gasteiger partial charge in [0.25, 0.3) is 0 Å². The third-order valence-electron chi connectivity index (χ3n) is 3.08. The van der Waals surface area contributed by atoms with E-state index in [0.717, 1.165) is 17.7 Å². The van der Waals surface area contributed by atoms with Crippen LogP contribution in [-0.2, 0) is 6.54 Å². The molecule has 0 heterocycles. The first-order valence-corrected chi connectivity index (χ1v) is 6.33. The Bertz CT molecular complexity index is 391. The molecule has 0 bridgehead atoms. The lowest BCUT2D eigenvalue weighted by atomic mass is 10.1. The van der Waals surface area contributed by atoms with Crippen molar-refractivity contribution in [2.75, 3.05) is 27.9 Å². The first-order valence-electron chi connectivity index (χ1n) is 6.33. The maximum atomic E-state index is 9.18. The number of methoxy groups -OCH3 is 3. The molecule has 0 aliphatic rings. The maximum absolute atomic E-state index is 9.18. The molecule has 0 aliphatic heterocycles. The molecule has 1 aromatic rings. The van der Waals surface area contributed by atoms with Gasteiger partial charge in [0.2, 0.25) is 0 Å². The predicted octanol–water partition coefficient (Wildman–Crippen LogP) is 1.57. The number of nitrogens with one attached hydrogen (secondary N) is 1. The smallest absolute Gasteiger partial charge is 0.164 e. The lowest BCUT2D eigenvalue weighted by Gasteiger charge is -2.17. The summed E-state index contributed by atoms with van der Waals surface area (Å²) >= 11 is 0. The molecule has 1 rings (SSSR count). The van der Waals surface area contributed by atoms with Gasteiger partial charge in [-0.25, -0.2) is 0 Å². The van der Waals surface area contributed by atoms with Gasteiger partial charge < -0.3 is 24.6 Å². The molecule has 1 aromatic carbocycles. The first-order chi connectivity index (χ1) is 9.19.